The van der Waals surface area contributed by atoms with Crippen LogP contribution in [0.4, 0.5) is 21.6 Å². The van der Waals surface area contributed by atoms with Crippen molar-refractivity contribution in [2.24, 2.45) is 12.5 Å². The number of halogens is 1. The van der Waals surface area contributed by atoms with E-state index in [2.05, 4.69) is 26.4 Å². The van der Waals surface area contributed by atoms with Crippen LogP contribution in [0.25, 0.3) is 21.0 Å². The highest BCUT2D eigenvalue weighted by atomic mass is 32.1. The largest absolute Gasteiger partial charge is 0.381 e. The van der Waals surface area contributed by atoms with Crippen LogP contribution in [0.3, 0.4) is 0 Å². The maximum Gasteiger partial charge on any atom is 0.259 e. The number of thiophene rings is 1. The van der Waals surface area contributed by atoms with Gasteiger partial charge >= 0.3 is 0 Å². The first-order chi connectivity index (χ1) is 23.3. The minimum atomic E-state index is -0.400. The van der Waals surface area contributed by atoms with Crippen LogP contribution in [0.2, 0.25) is 0 Å². The Morgan fingerprint density at radius 2 is 1.81 bits per heavy atom. The van der Waals surface area contributed by atoms with Gasteiger partial charge in [0.25, 0.3) is 11.8 Å². The van der Waals surface area contributed by atoms with Gasteiger partial charge in [0.2, 0.25) is 0 Å². The lowest BCUT2D eigenvalue weighted by molar-refractivity contribution is -0.000510. The number of nitrogens with one attached hydrogen (secondary N) is 1. The van der Waals surface area contributed by atoms with E-state index in [4.69, 9.17) is 4.74 Å². The number of carbonyl (C=O) groups is 2. The number of anilines is 3. The Hall–Kier alpha value is -4.87. The van der Waals surface area contributed by atoms with E-state index in [-0.39, 0.29) is 17.2 Å². The highest BCUT2D eigenvalue weighted by Crippen LogP contribution is 2.45. The lowest BCUT2D eigenvalue weighted by atomic mass is 9.73. The fourth-order valence-corrected chi connectivity index (χ4v) is 8.43. The fraction of sp³-hybridized carbons (Fsp3) is 0.297. The number of hydrogen-bond acceptors (Lipinski definition) is 7. The molecule has 1 N–H and O–H groups in total. The van der Waals surface area contributed by atoms with Crippen LogP contribution >= 0.6 is 11.3 Å². The SMILES string of the molecule is Cc1cnc(N2CC3(CCOCC3)C2)c(C(=O)Nc2ccc(C(=O)N3CCc4cc(-c5ccnn5C)sc4-c4ccc(F)cc43)cc2)c1. The Balaban J connectivity index is 1.01. The van der Waals surface area contributed by atoms with Gasteiger partial charge in [-0.25, -0.2) is 9.37 Å². The molecule has 2 fully saturated rings. The summed E-state index contributed by atoms with van der Waals surface area (Å²) in [4.78, 5) is 38.1. The number of benzene rings is 2. The van der Waals surface area contributed by atoms with Crippen molar-refractivity contribution in [2.75, 3.05) is 48.0 Å². The Labute approximate surface area is 282 Å². The van der Waals surface area contributed by atoms with E-state index in [1.165, 1.54) is 12.1 Å². The minimum Gasteiger partial charge on any atom is -0.381 e. The summed E-state index contributed by atoms with van der Waals surface area (Å²) < 4.78 is 22.1. The third-order valence-electron chi connectivity index (χ3n) is 9.77. The van der Waals surface area contributed by atoms with E-state index in [0.717, 1.165) is 71.3 Å². The number of ether oxygens (including phenoxy) is 1. The summed E-state index contributed by atoms with van der Waals surface area (Å²) in [6.45, 7) is 5.63. The second-order valence-electron chi connectivity index (χ2n) is 13.1. The summed E-state index contributed by atoms with van der Waals surface area (Å²) in [7, 11) is 1.91. The minimum absolute atomic E-state index is 0.230. The van der Waals surface area contributed by atoms with Gasteiger partial charge in [-0.05, 0) is 98.0 Å². The van der Waals surface area contributed by atoms with Crippen molar-refractivity contribution < 1.29 is 18.7 Å². The van der Waals surface area contributed by atoms with Crippen molar-refractivity contribution in [3.8, 4) is 21.0 Å². The van der Waals surface area contributed by atoms with E-state index in [1.807, 2.05) is 30.8 Å². The summed E-state index contributed by atoms with van der Waals surface area (Å²) >= 11 is 1.62. The summed E-state index contributed by atoms with van der Waals surface area (Å²) in [6, 6.07) is 17.5. The number of aryl methyl sites for hydroxylation is 2. The van der Waals surface area contributed by atoms with Gasteiger partial charge in [0.15, 0.2) is 0 Å². The number of aromatic nitrogens is 3. The van der Waals surface area contributed by atoms with Crippen molar-refractivity contribution in [3.63, 3.8) is 0 Å². The molecule has 0 saturated carbocycles. The number of carbonyl (C=O) groups excluding carboxylic acids is 2. The highest BCUT2D eigenvalue weighted by molar-refractivity contribution is 7.19. The van der Waals surface area contributed by atoms with Crippen LogP contribution in [0, 0.1) is 18.2 Å². The molecule has 244 valence electrons. The summed E-state index contributed by atoms with van der Waals surface area (Å²) in [6.07, 6.45) is 6.25. The van der Waals surface area contributed by atoms with Gasteiger partial charge in [-0.3, -0.25) is 14.3 Å². The standard InChI is InChI=1S/C37H35FN6O3S/c1-23-17-29(34(39-20-23)43-21-37(22-43)11-15-47-16-12-37)35(45)41-27-6-3-24(4-7-27)36(46)44-14-10-25-18-32(30-9-13-40-42(30)2)48-33(25)28-8-5-26(38)19-31(28)44/h3-9,13,17-20H,10-12,14-16,21-22H2,1-2H3,(H,41,45). The quantitative estimate of drug-likeness (QED) is 0.225. The van der Waals surface area contributed by atoms with Gasteiger partial charge in [0.05, 0.1) is 21.8 Å². The molecule has 8 rings (SSSR count). The lowest BCUT2D eigenvalue weighted by Crippen LogP contribution is -2.59. The molecular formula is C37H35FN6O3S. The Morgan fingerprint density at radius 3 is 2.56 bits per heavy atom. The third kappa shape index (κ3) is 5.46. The van der Waals surface area contributed by atoms with Crippen molar-refractivity contribution in [1.29, 1.82) is 0 Å². The number of nitrogens with zero attached hydrogens (tertiary/aromatic N) is 5. The first kappa shape index (κ1) is 30.5. The fourth-order valence-electron chi connectivity index (χ4n) is 7.13. The predicted octanol–water partition coefficient (Wildman–Crippen LogP) is 6.73. The Morgan fingerprint density at radius 1 is 1.02 bits per heavy atom. The van der Waals surface area contributed by atoms with E-state index in [9.17, 15) is 14.0 Å². The van der Waals surface area contributed by atoms with Gasteiger partial charge in [-0.15, -0.1) is 11.3 Å². The molecule has 48 heavy (non-hydrogen) atoms. The van der Waals surface area contributed by atoms with Gasteiger partial charge in [-0.2, -0.15) is 5.10 Å². The van der Waals surface area contributed by atoms with E-state index in [0.29, 0.717) is 41.3 Å². The number of pyridine rings is 1. The van der Waals surface area contributed by atoms with Crippen molar-refractivity contribution in [2.45, 2.75) is 26.2 Å². The van der Waals surface area contributed by atoms with Crippen LogP contribution in [-0.4, -0.2) is 59.4 Å². The molecule has 11 heteroatoms. The van der Waals surface area contributed by atoms with Crippen molar-refractivity contribution in [1.82, 2.24) is 14.8 Å². The molecule has 1 spiro atoms. The first-order valence-electron chi connectivity index (χ1n) is 16.2. The molecule has 0 atom stereocenters. The van der Waals surface area contributed by atoms with Crippen molar-refractivity contribution in [3.05, 3.63) is 101 Å². The summed E-state index contributed by atoms with van der Waals surface area (Å²) in [5, 5.41) is 7.31. The predicted molar refractivity (Wildman–Crippen MR) is 185 cm³/mol. The van der Waals surface area contributed by atoms with Crippen molar-refractivity contribution >= 4 is 40.3 Å². The number of amides is 2. The molecule has 6 heterocycles. The lowest BCUT2D eigenvalue weighted by Gasteiger charge is -2.53. The van der Waals surface area contributed by atoms with Crippen LogP contribution < -0.4 is 15.1 Å². The number of fused-ring (bicyclic) bond motifs is 3. The maximum atomic E-state index is 14.7. The second kappa shape index (κ2) is 12.0. The topological polar surface area (TPSA) is 92.6 Å². The average Bonchev–Trinajstić information content (AvgIpc) is 3.67. The average molecular weight is 663 g/mol. The smallest absolute Gasteiger partial charge is 0.259 e. The molecule has 2 aromatic carbocycles. The van der Waals surface area contributed by atoms with Crippen LogP contribution in [-0.2, 0) is 18.2 Å². The molecular weight excluding hydrogens is 628 g/mol. The Kier molecular flexibility index (Phi) is 7.60. The molecule has 3 aromatic heterocycles. The zero-order valence-corrected chi connectivity index (χ0v) is 27.6. The molecule has 2 saturated heterocycles. The molecule has 0 radical (unpaired) electrons. The molecule has 3 aliphatic rings. The zero-order valence-electron chi connectivity index (χ0n) is 26.8. The Bertz CT molecular complexity index is 2040. The van der Waals surface area contributed by atoms with E-state index in [1.54, 1.807) is 59.0 Å². The third-order valence-corrected chi connectivity index (χ3v) is 11.0. The van der Waals surface area contributed by atoms with Crippen LogP contribution in [0.15, 0.2) is 73.1 Å². The number of hydrogen-bond donors (Lipinski definition) is 1. The molecule has 2 amide bonds. The molecule has 0 aliphatic carbocycles. The van der Waals surface area contributed by atoms with Gasteiger partial charge < -0.3 is 19.9 Å². The second-order valence-corrected chi connectivity index (χ2v) is 14.1. The zero-order chi connectivity index (χ0) is 33.0. The summed E-state index contributed by atoms with van der Waals surface area (Å²) in [5.74, 6) is -0.189. The molecule has 5 aromatic rings. The van der Waals surface area contributed by atoms with E-state index < -0.39 is 5.82 Å². The molecule has 9 nitrogen and oxygen atoms in total. The molecule has 3 aliphatic heterocycles. The maximum absolute atomic E-state index is 14.7. The molecule has 0 unspecified atom stereocenters. The van der Waals surface area contributed by atoms with Crippen LogP contribution in [0.1, 0.15) is 44.7 Å². The highest BCUT2D eigenvalue weighted by Gasteiger charge is 2.45. The normalized spacial score (nSPS) is 16.6. The number of rotatable bonds is 5. The van der Waals surface area contributed by atoms with E-state index >= 15 is 0 Å². The summed E-state index contributed by atoms with van der Waals surface area (Å²) in [5.41, 5.74) is 6.19. The molecule has 0 bridgehead atoms. The van der Waals surface area contributed by atoms with Gasteiger partial charge in [0, 0.05) is 79.4 Å². The first-order valence-corrected chi connectivity index (χ1v) is 17.0. The van der Waals surface area contributed by atoms with Gasteiger partial charge in [-0.1, -0.05) is 0 Å². The van der Waals surface area contributed by atoms with Gasteiger partial charge in [0.1, 0.15) is 11.6 Å². The van der Waals surface area contributed by atoms with Crippen LogP contribution in [0.5, 0.6) is 0 Å². The monoisotopic (exact) mass is 662 g/mol.